The molecule has 68 valence electrons. The summed E-state index contributed by atoms with van der Waals surface area (Å²) in [6.07, 6.45) is 6.99. The molecule has 4 atom stereocenters. The molecule has 4 unspecified atom stereocenters. The van der Waals surface area contributed by atoms with Gasteiger partial charge in [0.15, 0.2) is 0 Å². The van der Waals surface area contributed by atoms with Crippen LogP contribution in [0.25, 0.3) is 0 Å². The second-order valence-corrected chi connectivity index (χ2v) is 3.55. The van der Waals surface area contributed by atoms with E-state index < -0.39 is 0 Å². The Kier molecular flexibility index (Phi) is 3.13. The molecule has 1 rings (SSSR count). The Morgan fingerprint density at radius 2 is 2.25 bits per heavy atom. The number of nitrogens with one attached hydrogen (secondary N) is 1. The minimum atomic E-state index is 0.145. The van der Waals surface area contributed by atoms with Crippen LogP contribution in [0.3, 0.4) is 0 Å². The fraction of sp³-hybridized carbons (Fsp3) is 0.800. The van der Waals surface area contributed by atoms with E-state index in [1.807, 2.05) is 6.92 Å². The Hall–Kier alpha value is -0.520. The molecule has 0 saturated carbocycles. The third kappa shape index (κ3) is 2.23. The van der Waals surface area contributed by atoms with Crippen molar-refractivity contribution in [1.29, 1.82) is 0 Å². The SMILES string of the molecule is C#CC(C)NC1CC(C)OC1C. The summed E-state index contributed by atoms with van der Waals surface area (Å²) < 4.78 is 5.59. The molecule has 12 heavy (non-hydrogen) atoms. The monoisotopic (exact) mass is 167 g/mol. The van der Waals surface area contributed by atoms with Gasteiger partial charge in [0.25, 0.3) is 0 Å². The van der Waals surface area contributed by atoms with E-state index in [0.29, 0.717) is 12.1 Å². The first kappa shape index (κ1) is 9.57. The summed E-state index contributed by atoms with van der Waals surface area (Å²) in [6.45, 7) is 6.18. The van der Waals surface area contributed by atoms with Crippen molar-refractivity contribution in [3.63, 3.8) is 0 Å². The maximum Gasteiger partial charge on any atom is 0.0704 e. The molecule has 1 N–H and O–H groups in total. The third-order valence-corrected chi connectivity index (χ3v) is 2.31. The highest BCUT2D eigenvalue weighted by atomic mass is 16.5. The van der Waals surface area contributed by atoms with E-state index >= 15 is 0 Å². The molecular formula is C10H17NO. The molecule has 2 nitrogen and oxygen atoms in total. The third-order valence-electron chi connectivity index (χ3n) is 2.31. The van der Waals surface area contributed by atoms with Gasteiger partial charge in [-0.15, -0.1) is 6.42 Å². The lowest BCUT2D eigenvalue weighted by Crippen LogP contribution is -2.39. The summed E-state index contributed by atoms with van der Waals surface area (Å²) in [7, 11) is 0. The van der Waals surface area contributed by atoms with Crippen LogP contribution >= 0.6 is 0 Å². The number of rotatable bonds is 2. The van der Waals surface area contributed by atoms with Crippen molar-refractivity contribution >= 4 is 0 Å². The van der Waals surface area contributed by atoms with Crippen molar-refractivity contribution in [2.45, 2.75) is 51.5 Å². The maximum atomic E-state index is 5.59. The van der Waals surface area contributed by atoms with Crippen LogP contribution in [0.4, 0.5) is 0 Å². The first-order valence-corrected chi connectivity index (χ1v) is 4.51. The first-order valence-electron chi connectivity index (χ1n) is 4.51. The van der Waals surface area contributed by atoms with E-state index in [2.05, 4.69) is 25.1 Å². The smallest absolute Gasteiger partial charge is 0.0704 e. The van der Waals surface area contributed by atoms with Crippen LogP contribution in [0.15, 0.2) is 0 Å². The van der Waals surface area contributed by atoms with Gasteiger partial charge in [-0.2, -0.15) is 0 Å². The summed E-state index contributed by atoms with van der Waals surface area (Å²) in [5.74, 6) is 2.66. The Morgan fingerprint density at radius 1 is 1.58 bits per heavy atom. The zero-order valence-electron chi connectivity index (χ0n) is 8.00. The average molecular weight is 167 g/mol. The molecular weight excluding hydrogens is 150 g/mol. The lowest BCUT2D eigenvalue weighted by Gasteiger charge is -2.17. The molecule has 1 heterocycles. The highest BCUT2D eigenvalue weighted by molar-refractivity contribution is 4.99. The quantitative estimate of drug-likeness (QED) is 0.623. The van der Waals surface area contributed by atoms with Crippen molar-refractivity contribution in [1.82, 2.24) is 5.32 Å². The minimum Gasteiger partial charge on any atom is -0.374 e. The summed E-state index contributed by atoms with van der Waals surface area (Å²) in [5.41, 5.74) is 0. The van der Waals surface area contributed by atoms with Gasteiger partial charge in [-0.1, -0.05) is 5.92 Å². The summed E-state index contributed by atoms with van der Waals surface area (Å²) >= 11 is 0. The van der Waals surface area contributed by atoms with Gasteiger partial charge >= 0.3 is 0 Å². The summed E-state index contributed by atoms with van der Waals surface area (Å²) in [4.78, 5) is 0. The van der Waals surface area contributed by atoms with Crippen LogP contribution in [0.5, 0.6) is 0 Å². The molecule has 0 amide bonds. The molecule has 0 aromatic carbocycles. The molecule has 1 aliphatic rings. The zero-order valence-corrected chi connectivity index (χ0v) is 8.00. The maximum absolute atomic E-state index is 5.59. The van der Waals surface area contributed by atoms with Crippen molar-refractivity contribution < 1.29 is 4.74 Å². The van der Waals surface area contributed by atoms with Gasteiger partial charge in [-0.05, 0) is 27.2 Å². The van der Waals surface area contributed by atoms with Gasteiger partial charge in [0.05, 0.1) is 18.2 Å². The van der Waals surface area contributed by atoms with Crippen molar-refractivity contribution in [2.75, 3.05) is 0 Å². The summed E-state index contributed by atoms with van der Waals surface area (Å²) in [6, 6.07) is 0.567. The molecule has 0 bridgehead atoms. The molecule has 2 heteroatoms. The van der Waals surface area contributed by atoms with E-state index in [0.717, 1.165) is 6.42 Å². The highest BCUT2D eigenvalue weighted by Gasteiger charge is 2.29. The lowest BCUT2D eigenvalue weighted by atomic mass is 10.1. The number of terminal acetylenes is 1. The largest absolute Gasteiger partial charge is 0.374 e. The zero-order chi connectivity index (χ0) is 9.14. The van der Waals surface area contributed by atoms with E-state index in [1.54, 1.807) is 0 Å². The van der Waals surface area contributed by atoms with Gasteiger partial charge in [0, 0.05) is 6.04 Å². The molecule has 1 fully saturated rings. The Labute approximate surface area is 74.7 Å². The highest BCUT2D eigenvalue weighted by Crippen LogP contribution is 2.19. The number of ether oxygens (including phenoxy) is 1. The fourth-order valence-corrected chi connectivity index (χ4v) is 1.64. The van der Waals surface area contributed by atoms with Crippen molar-refractivity contribution in [2.24, 2.45) is 0 Å². The summed E-state index contributed by atoms with van der Waals surface area (Å²) in [5, 5.41) is 3.35. The van der Waals surface area contributed by atoms with Crippen LogP contribution < -0.4 is 5.32 Å². The predicted molar refractivity (Wildman–Crippen MR) is 49.8 cm³/mol. The molecule has 0 aromatic rings. The van der Waals surface area contributed by atoms with E-state index in [-0.39, 0.29) is 12.1 Å². The van der Waals surface area contributed by atoms with Crippen LogP contribution in [0, 0.1) is 12.3 Å². The van der Waals surface area contributed by atoms with Gasteiger partial charge < -0.3 is 4.74 Å². The number of hydrogen-bond acceptors (Lipinski definition) is 2. The van der Waals surface area contributed by atoms with E-state index in [9.17, 15) is 0 Å². The standard InChI is InChI=1S/C10H17NO/c1-5-7(2)11-10-6-8(3)12-9(10)4/h1,7-11H,6H2,2-4H3. The molecule has 0 aromatic heterocycles. The second kappa shape index (κ2) is 3.93. The second-order valence-electron chi connectivity index (χ2n) is 3.55. The van der Waals surface area contributed by atoms with Crippen molar-refractivity contribution in [3.05, 3.63) is 0 Å². The average Bonchev–Trinajstić information content (AvgIpc) is 2.30. The predicted octanol–water partition coefficient (Wildman–Crippen LogP) is 1.16. The fourth-order valence-electron chi connectivity index (χ4n) is 1.64. The van der Waals surface area contributed by atoms with Crippen LogP contribution in [0.2, 0.25) is 0 Å². The molecule has 1 saturated heterocycles. The molecule has 0 radical (unpaired) electrons. The Bertz CT molecular complexity index is 185. The topological polar surface area (TPSA) is 21.3 Å². The number of hydrogen-bond donors (Lipinski definition) is 1. The van der Waals surface area contributed by atoms with Crippen LogP contribution in [0.1, 0.15) is 27.2 Å². The minimum absolute atomic E-state index is 0.145. The Morgan fingerprint density at radius 3 is 2.67 bits per heavy atom. The van der Waals surface area contributed by atoms with Gasteiger partial charge in [0.1, 0.15) is 0 Å². The Balaban J connectivity index is 2.39. The molecule has 0 spiro atoms. The molecule has 1 aliphatic heterocycles. The van der Waals surface area contributed by atoms with Gasteiger partial charge in [0.2, 0.25) is 0 Å². The van der Waals surface area contributed by atoms with Crippen LogP contribution in [-0.2, 0) is 4.74 Å². The first-order chi connectivity index (χ1) is 5.63. The van der Waals surface area contributed by atoms with E-state index in [1.165, 1.54) is 0 Å². The van der Waals surface area contributed by atoms with Crippen molar-refractivity contribution in [3.8, 4) is 12.3 Å². The van der Waals surface area contributed by atoms with Gasteiger partial charge in [-0.25, -0.2) is 0 Å². The van der Waals surface area contributed by atoms with Gasteiger partial charge in [-0.3, -0.25) is 5.32 Å². The van der Waals surface area contributed by atoms with Crippen LogP contribution in [-0.4, -0.2) is 24.3 Å². The lowest BCUT2D eigenvalue weighted by molar-refractivity contribution is 0.0602. The van der Waals surface area contributed by atoms with E-state index in [4.69, 9.17) is 11.2 Å². The molecule has 0 aliphatic carbocycles. The normalized spacial score (nSPS) is 37.7.